The van der Waals surface area contributed by atoms with Gasteiger partial charge in [0.2, 0.25) is 5.91 Å². The van der Waals surface area contributed by atoms with E-state index in [4.69, 9.17) is 0 Å². The summed E-state index contributed by atoms with van der Waals surface area (Å²) in [5.41, 5.74) is 1.22. The van der Waals surface area contributed by atoms with Gasteiger partial charge in [0, 0.05) is 11.7 Å². The molecule has 0 N–H and O–H groups in total. The first kappa shape index (κ1) is 23.8. The minimum atomic E-state index is -4.66. The quantitative estimate of drug-likeness (QED) is 0.497. The first-order chi connectivity index (χ1) is 16.0. The summed E-state index contributed by atoms with van der Waals surface area (Å²) >= 11 is 0. The first-order valence-electron chi connectivity index (χ1n) is 10.6. The second-order valence-electron chi connectivity index (χ2n) is 8.32. The lowest BCUT2D eigenvalue weighted by Gasteiger charge is -2.29. The Morgan fingerprint density at radius 2 is 1.71 bits per heavy atom. The number of amides is 1. The van der Waals surface area contributed by atoms with Crippen molar-refractivity contribution in [3.63, 3.8) is 0 Å². The fourth-order valence-electron chi connectivity index (χ4n) is 4.13. The van der Waals surface area contributed by atoms with Gasteiger partial charge in [-0.2, -0.15) is 13.2 Å². The molecule has 1 unspecified atom stereocenters. The third-order valence-corrected chi connectivity index (χ3v) is 7.61. The van der Waals surface area contributed by atoms with Crippen molar-refractivity contribution in [3.8, 4) is 0 Å². The largest absolute Gasteiger partial charge is 0.416 e. The summed E-state index contributed by atoms with van der Waals surface area (Å²) in [7, 11) is -4.33. The molecular formula is C25H23F3N2O3S. The Balaban J connectivity index is 1.77. The predicted octanol–water partition coefficient (Wildman–Crippen LogP) is 5.19. The molecule has 0 radical (unpaired) electrons. The molecule has 0 spiro atoms. The molecule has 9 heteroatoms. The highest BCUT2D eigenvalue weighted by Gasteiger charge is 2.36. The number of sulfonamides is 1. The van der Waals surface area contributed by atoms with Gasteiger partial charge >= 0.3 is 6.18 Å². The summed E-state index contributed by atoms with van der Waals surface area (Å²) in [5.74, 6) is -0.523. The topological polar surface area (TPSA) is 57.7 Å². The number of carbonyl (C=O) groups is 1. The summed E-state index contributed by atoms with van der Waals surface area (Å²) in [6.07, 6.45) is -4.06. The fraction of sp³-hybridized carbons (Fsp3) is 0.240. The maximum Gasteiger partial charge on any atom is 0.416 e. The zero-order valence-electron chi connectivity index (χ0n) is 18.6. The van der Waals surface area contributed by atoms with E-state index in [-0.39, 0.29) is 16.6 Å². The number of nitrogens with zero attached hydrogens (tertiary/aromatic N) is 2. The van der Waals surface area contributed by atoms with E-state index in [9.17, 15) is 26.4 Å². The third-order valence-electron chi connectivity index (χ3n) is 5.83. The second kappa shape index (κ2) is 8.79. The van der Waals surface area contributed by atoms with Crippen LogP contribution in [0, 0.1) is 6.92 Å². The van der Waals surface area contributed by atoms with E-state index < -0.39 is 34.2 Å². The van der Waals surface area contributed by atoms with E-state index in [0.29, 0.717) is 12.1 Å². The summed E-state index contributed by atoms with van der Waals surface area (Å²) < 4.78 is 68.0. The monoisotopic (exact) mass is 488 g/mol. The number of fused-ring (bicyclic) bond motifs is 1. The molecule has 1 heterocycles. The number of carbonyl (C=O) groups excluding carboxylic acids is 1. The Kier molecular flexibility index (Phi) is 6.16. The van der Waals surface area contributed by atoms with Crippen LogP contribution < -0.4 is 9.21 Å². The molecule has 0 fully saturated rings. The van der Waals surface area contributed by atoms with Gasteiger partial charge in [0.05, 0.1) is 16.1 Å². The Morgan fingerprint density at radius 3 is 2.38 bits per heavy atom. The van der Waals surface area contributed by atoms with Crippen molar-refractivity contribution in [2.75, 3.05) is 15.7 Å². The van der Waals surface area contributed by atoms with E-state index in [0.717, 1.165) is 33.6 Å². The van der Waals surface area contributed by atoms with Crippen LogP contribution >= 0.6 is 0 Å². The molecule has 0 saturated carbocycles. The molecule has 0 aliphatic carbocycles. The molecule has 34 heavy (non-hydrogen) atoms. The molecule has 1 amide bonds. The average Bonchev–Trinajstić information content (AvgIpc) is 3.12. The van der Waals surface area contributed by atoms with Crippen LogP contribution in [0.25, 0.3) is 0 Å². The molecule has 1 atom stereocenters. The van der Waals surface area contributed by atoms with Gasteiger partial charge in [0.15, 0.2) is 0 Å². The van der Waals surface area contributed by atoms with Crippen molar-refractivity contribution in [1.82, 2.24) is 0 Å². The molecule has 0 bridgehead atoms. The van der Waals surface area contributed by atoms with Crippen molar-refractivity contribution in [2.45, 2.75) is 37.4 Å². The van der Waals surface area contributed by atoms with Gasteiger partial charge in [-0.1, -0.05) is 42.0 Å². The van der Waals surface area contributed by atoms with Crippen molar-refractivity contribution < 1.29 is 26.4 Å². The van der Waals surface area contributed by atoms with Gasteiger partial charge < -0.3 is 4.90 Å². The van der Waals surface area contributed by atoms with Crippen LogP contribution in [0.5, 0.6) is 0 Å². The maximum atomic E-state index is 13.6. The minimum absolute atomic E-state index is 0.113. The lowest BCUT2D eigenvalue weighted by molar-refractivity contribution is -0.137. The van der Waals surface area contributed by atoms with Gasteiger partial charge in [-0.05, 0) is 62.2 Å². The summed E-state index contributed by atoms with van der Waals surface area (Å²) in [6, 6.07) is 17.1. The average molecular weight is 489 g/mol. The minimum Gasteiger partial charge on any atom is -0.307 e. The van der Waals surface area contributed by atoms with Gasteiger partial charge in [-0.3, -0.25) is 9.10 Å². The molecule has 3 aromatic carbocycles. The summed E-state index contributed by atoms with van der Waals surface area (Å²) in [5, 5.41) is 0. The Bertz CT molecular complexity index is 1320. The molecule has 4 rings (SSSR count). The highest BCUT2D eigenvalue weighted by atomic mass is 32.2. The number of para-hydroxylation sites is 1. The molecule has 3 aromatic rings. The van der Waals surface area contributed by atoms with Crippen LogP contribution in [-0.4, -0.2) is 26.9 Å². The number of hydrogen-bond acceptors (Lipinski definition) is 3. The Morgan fingerprint density at radius 1 is 1.03 bits per heavy atom. The first-order valence-corrected chi connectivity index (χ1v) is 12.1. The van der Waals surface area contributed by atoms with Crippen molar-refractivity contribution in [1.29, 1.82) is 0 Å². The van der Waals surface area contributed by atoms with Crippen molar-refractivity contribution in [3.05, 3.63) is 89.5 Å². The zero-order valence-corrected chi connectivity index (χ0v) is 19.4. The lowest BCUT2D eigenvalue weighted by Crippen LogP contribution is -2.45. The number of halogens is 3. The van der Waals surface area contributed by atoms with Crippen LogP contribution in [-0.2, 0) is 27.4 Å². The molecule has 5 nitrogen and oxygen atoms in total. The number of alkyl halides is 3. The van der Waals surface area contributed by atoms with Crippen LogP contribution in [0.4, 0.5) is 24.5 Å². The van der Waals surface area contributed by atoms with Crippen LogP contribution in [0.2, 0.25) is 0 Å². The highest BCUT2D eigenvalue weighted by Crippen LogP contribution is 2.35. The standard InChI is InChI=1S/C25H23F3N2O3S/c1-17-10-12-22(13-11-17)34(32,33)29(21-8-5-7-20(15-21)25(26,27)28)16-24(31)30-18(2)14-19-6-3-4-9-23(19)30/h3-13,15,18H,14,16H2,1-2H3. The smallest absolute Gasteiger partial charge is 0.307 e. The SMILES string of the molecule is Cc1ccc(S(=O)(=O)N(CC(=O)N2c3ccccc3CC2C)c2cccc(C(F)(F)F)c2)cc1. The van der Waals surface area contributed by atoms with E-state index >= 15 is 0 Å². The summed E-state index contributed by atoms with van der Waals surface area (Å²) in [6.45, 7) is 2.99. The van der Waals surface area contributed by atoms with E-state index in [1.807, 2.05) is 19.1 Å². The number of hydrogen-bond donors (Lipinski definition) is 0. The number of anilines is 2. The number of rotatable bonds is 5. The van der Waals surface area contributed by atoms with E-state index in [1.54, 1.807) is 31.2 Å². The molecule has 1 aliphatic rings. The second-order valence-corrected chi connectivity index (χ2v) is 10.2. The van der Waals surface area contributed by atoms with E-state index in [2.05, 4.69) is 0 Å². The van der Waals surface area contributed by atoms with Crippen LogP contribution in [0.1, 0.15) is 23.6 Å². The molecule has 178 valence electrons. The van der Waals surface area contributed by atoms with Gasteiger partial charge in [0.25, 0.3) is 10.0 Å². The van der Waals surface area contributed by atoms with Crippen molar-refractivity contribution in [2.24, 2.45) is 0 Å². The van der Waals surface area contributed by atoms with Gasteiger partial charge in [0.1, 0.15) is 6.54 Å². The molecular weight excluding hydrogens is 465 g/mol. The number of benzene rings is 3. The third kappa shape index (κ3) is 4.52. The predicted molar refractivity (Wildman–Crippen MR) is 124 cm³/mol. The zero-order chi connectivity index (χ0) is 24.7. The van der Waals surface area contributed by atoms with Crippen molar-refractivity contribution >= 4 is 27.3 Å². The van der Waals surface area contributed by atoms with Crippen LogP contribution in [0.15, 0.2) is 77.7 Å². The normalized spacial score (nSPS) is 15.8. The van der Waals surface area contributed by atoms with Gasteiger partial charge in [-0.25, -0.2) is 8.42 Å². The lowest BCUT2D eigenvalue weighted by atomic mass is 10.1. The Labute approximate surface area is 196 Å². The number of aryl methyl sites for hydroxylation is 1. The van der Waals surface area contributed by atoms with Gasteiger partial charge in [-0.15, -0.1) is 0 Å². The summed E-state index contributed by atoms with van der Waals surface area (Å²) in [4.78, 5) is 14.8. The molecule has 0 aromatic heterocycles. The fourth-order valence-corrected chi connectivity index (χ4v) is 5.54. The molecule has 0 saturated heterocycles. The molecule has 1 aliphatic heterocycles. The van der Waals surface area contributed by atoms with E-state index in [1.165, 1.54) is 23.1 Å². The van der Waals surface area contributed by atoms with Crippen LogP contribution in [0.3, 0.4) is 0 Å². The Hall–Kier alpha value is -3.33. The highest BCUT2D eigenvalue weighted by molar-refractivity contribution is 7.92. The maximum absolute atomic E-state index is 13.6.